The van der Waals surface area contributed by atoms with Crippen molar-refractivity contribution in [1.29, 1.82) is 0 Å². The van der Waals surface area contributed by atoms with E-state index in [9.17, 15) is 0 Å². The molecule has 4 rings (SSSR count). The lowest BCUT2D eigenvalue weighted by Crippen LogP contribution is -1.99. The predicted octanol–water partition coefficient (Wildman–Crippen LogP) is 5.17. The van der Waals surface area contributed by atoms with Crippen LogP contribution in [0.25, 0.3) is 10.8 Å². The molecule has 0 aliphatic carbocycles. The minimum Gasteiger partial charge on any atom is -0.497 e. The van der Waals surface area contributed by atoms with Gasteiger partial charge in [-0.3, -0.25) is 5.10 Å². The van der Waals surface area contributed by atoms with Crippen molar-refractivity contribution in [2.24, 2.45) is 0 Å². The van der Waals surface area contributed by atoms with Crippen LogP contribution in [0.4, 0.5) is 11.6 Å². The van der Waals surface area contributed by atoms with E-state index >= 15 is 0 Å². The Labute approximate surface area is 158 Å². The summed E-state index contributed by atoms with van der Waals surface area (Å²) in [5.74, 6) is 2.38. The fraction of sp³-hybridized carbons (Fsp3) is 0.182. The molecule has 27 heavy (non-hydrogen) atoms. The van der Waals surface area contributed by atoms with Gasteiger partial charge < -0.3 is 10.1 Å². The fourth-order valence-electron chi connectivity index (χ4n) is 3.09. The predicted molar refractivity (Wildman–Crippen MR) is 109 cm³/mol. The minimum atomic E-state index is 0.109. The number of aromatic amines is 1. The number of nitrogens with zero attached hydrogens (tertiary/aromatic N) is 2. The maximum Gasteiger partial charge on any atom is 0.246 e. The molecule has 4 aromatic rings. The van der Waals surface area contributed by atoms with Crippen LogP contribution in [0, 0.1) is 6.92 Å². The van der Waals surface area contributed by atoms with E-state index < -0.39 is 0 Å². The highest BCUT2D eigenvalue weighted by Crippen LogP contribution is 2.28. The van der Waals surface area contributed by atoms with Crippen molar-refractivity contribution in [3.63, 3.8) is 0 Å². The number of aryl methyl sites for hydroxylation is 1. The maximum atomic E-state index is 5.30. The lowest BCUT2D eigenvalue weighted by Gasteiger charge is -2.10. The van der Waals surface area contributed by atoms with Gasteiger partial charge in [-0.2, -0.15) is 4.98 Å². The van der Waals surface area contributed by atoms with Crippen molar-refractivity contribution in [3.05, 3.63) is 77.6 Å². The maximum absolute atomic E-state index is 5.30. The summed E-state index contributed by atoms with van der Waals surface area (Å²) in [6.45, 7) is 4.19. The van der Waals surface area contributed by atoms with Crippen LogP contribution < -0.4 is 10.1 Å². The summed E-state index contributed by atoms with van der Waals surface area (Å²) in [6, 6.07) is 20.7. The monoisotopic (exact) mass is 358 g/mol. The number of H-pyrrole nitrogens is 1. The highest BCUT2D eigenvalue weighted by atomic mass is 16.5. The van der Waals surface area contributed by atoms with Gasteiger partial charge in [0.25, 0.3) is 0 Å². The Kier molecular flexibility index (Phi) is 4.50. The van der Waals surface area contributed by atoms with Crippen LogP contribution in [0.5, 0.6) is 5.75 Å². The van der Waals surface area contributed by atoms with Gasteiger partial charge in [-0.05, 0) is 47.5 Å². The minimum absolute atomic E-state index is 0.109. The average molecular weight is 358 g/mol. The Morgan fingerprint density at radius 2 is 1.70 bits per heavy atom. The standard InChI is InChI=1S/C22H22N4O/c1-14-4-9-19(10-5-14)23-22-24-21(25-26-22)15(2)16-6-7-18-13-20(27-3)11-8-17(18)12-16/h4-13,15H,1-3H3,(H2,23,24,25,26). The van der Waals surface area contributed by atoms with Crippen LogP contribution in [0.1, 0.15) is 29.8 Å². The number of nitrogens with one attached hydrogen (secondary N) is 2. The Morgan fingerprint density at radius 3 is 2.48 bits per heavy atom. The molecule has 1 aromatic heterocycles. The number of methoxy groups -OCH3 is 1. The van der Waals surface area contributed by atoms with Gasteiger partial charge in [0.05, 0.1) is 7.11 Å². The first-order valence-electron chi connectivity index (χ1n) is 8.96. The quantitative estimate of drug-likeness (QED) is 0.516. The number of fused-ring (bicyclic) bond motifs is 1. The molecule has 2 N–H and O–H groups in total. The zero-order valence-corrected chi connectivity index (χ0v) is 15.7. The molecule has 0 amide bonds. The van der Waals surface area contributed by atoms with E-state index in [1.54, 1.807) is 7.11 Å². The van der Waals surface area contributed by atoms with Crippen LogP contribution >= 0.6 is 0 Å². The summed E-state index contributed by atoms with van der Waals surface area (Å²) in [5, 5.41) is 12.9. The van der Waals surface area contributed by atoms with E-state index in [0.29, 0.717) is 5.95 Å². The van der Waals surface area contributed by atoms with Crippen molar-refractivity contribution >= 4 is 22.4 Å². The van der Waals surface area contributed by atoms with Crippen LogP contribution in [0.3, 0.4) is 0 Å². The van der Waals surface area contributed by atoms with Crippen LogP contribution in [0.15, 0.2) is 60.7 Å². The van der Waals surface area contributed by atoms with Crippen molar-refractivity contribution in [1.82, 2.24) is 15.2 Å². The molecule has 0 saturated heterocycles. The third-order valence-electron chi connectivity index (χ3n) is 4.79. The molecule has 0 radical (unpaired) electrons. The smallest absolute Gasteiger partial charge is 0.246 e. The molecule has 5 nitrogen and oxygen atoms in total. The molecule has 0 aliphatic heterocycles. The number of ether oxygens (including phenoxy) is 1. The number of hydrogen-bond donors (Lipinski definition) is 2. The van der Waals surface area contributed by atoms with Gasteiger partial charge in [-0.1, -0.05) is 48.9 Å². The Morgan fingerprint density at radius 1 is 0.963 bits per heavy atom. The Hall–Kier alpha value is -3.34. The van der Waals surface area contributed by atoms with Crippen molar-refractivity contribution in [2.75, 3.05) is 12.4 Å². The first-order chi connectivity index (χ1) is 13.1. The van der Waals surface area contributed by atoms with E-state index in [1.807, 2.05) is 24.3 Å². The second kappa shape index (κ2) is 7.11. The third-order valence-corrected chi connectivity index (χ3v) is 4.79. The molecular formula is C22H22N4O. The third kappa shape index (κ3) is 3.62. The van der Waals surface area contributed by atoms with E-state index in [0.717, 1.165) is 22.6 Å². The van der Waals surface area contributed by atoms with E-state index in [1.165, 1.54) is 16.5 Å². The normalized spacial score (nSPS) is 12.1. The summed E-state index contributed by atoms with van der Waals surface area (Å²) in [7, 11) is 1.68. The highest BCUT2D eigenvalue weighted by molar-refractivity contribution is 5.84. The molecule has 0 fully saturated rings. The average Bonchev–Trinajstić information content (AvgIpc) is 3.16. The summed E-state index contributed by atoms with van der Waals surface area (Å²) in [6.07, 6.45) is 0. The number of rotatable bonds is 5. The summed E-state index contributed by atoms with van der Waals surface area (Å²) in [4.78, 5) is 4.61. The van der Waals surface area contributed by atoms with Crippen molar-refractivity contribution in [3.8, 4) is 5.75 Å². The van der Waals surface area contributed by atoms with E-state index in [2.05, 4.69) is 70.7 Å². The number of anilines is 2. The lowest BCUT2D eigenvalue weighted by molar-refractivity contribution is 0.415. The van der Waals surface area contributed by atoms with Gasteiger partial charge in [-0.15, -0.1) is 5.10 Å². The second-order valence-electron chi connectivity index (χ2n) is 6.73. The van der Waals surface area contributed by atoms with E-state index in [4.69, 9.17) is 4.74 Å². The summed E-state index contributed by atoms with van der Waals surface area (Å²) < 4.78 is 5.30. The first kappa shape index (κ1) is 17.1. The SMILES string of the molecule is COc1ccc2cc(C(C)c3nc(Nc4ccc(C)cc4)n[nH]3)ccc2c1. The van der Waals surface area contributed by atoms with Gasteiger partial charge in [0, 0.05) is 11.6 Å². The first-order valence-corrected chi connectivity index (χ1v) is 8.96. The molecular weight excluding hydrogens is 336 g/mol. The number of benzene rings is 3. The zero-order valence-electron chi connectivity index (χ0n) is 15.7. The van der Waals surface area contributed by atoms with Crippen LogP contribution in [0.2, 0.25) is 0 Å². The van der Waals surface area contributed by atoms with Crippen molar-refractivity contribution in [2.45, 2.75) is 19.8 Å². The highest BCUT2D eigenvalue weighted by Gasteiger charge is 2.14. The molecule has 0 bridgehead atoms. The number of hydrogen-bond acceptors (Lipinski definition) is 4. The molecule has 136 valence electrons. The molecule has 0 spiro atoms. The van der Waals surface area contributed by atoms with Crippen LogP contribution in [-0.4, -0.2) is 22.3 Å². The van der Waals surface area contributed by atoms with Gasteiger partial charge in [-0.25, -0.2) is 0 Å². The molecule has 3 aromatic carbocycles. The van der Waals surface area contributed by atoms with Gasteiger partial charge >= 0.3 is 0 Å². The van der Waals surface area contributed by atoms with Crippen molar-refractivity contribution < 1.29 is 4.74 Å². The topological polar surface area (TPSA) is 62.8 Å². The molecule has 1 atom stereocenters. The Balaban J connectivity index is 1.55. The van der Waals surface area contributed by atoms with E-state index in [-0.39, 0.29) is 5.92 Å². The van der Waals surface area contributed by atoms with Gasteiger partial charge in [0.2, 0.25) is 5.95 Å². The molecule has 1 unspecified atom stereocenters. The molecule has 1 heterocycles. The number of aromatic nitrogens is 3. The Bertz CT molecular complexity index is 1070. The van der Waals surface area contributed by atoms with Gasteiger partial charge in [0.15, 0.2) is 0 Å². The molecule has 0 saturated carbocycles. The summed E-state index contributed by atoms with van der Waals surface area (Å²) in [5.41, 5.74) is 3.38. The van der Waals surface area contributed by atoms with Crippen LogP contribution in [-0.2, 0) is 0 Å². The lowest BCUT2D eigenvalue weighted by atomic mass is 9.97. The molecule has 5 heteroatoms. The zero-order chi connectivity index (χ0) is 18.8. The summed E-state index contributed by atoms with van der Waals surface area (Å²) >= 11 is 0. The van der Waals surface area contributed by atoms with Gasteiger partial charge in [0.1, 0.15) is 11.6 Å². The largest absolute Gasteiger partial charge is 0.497 e. The molecule has 0 aliphatic rings. The second-order valence-corrected chi connectivity index (χ2v) is 6.73. The fourth-order valence-corrected chi connectivity index (χ4v) is 3.09.